The first-order valence-electron chi connectivity index (χ1n) is 9.86. The normalized spacial score (nSPS) is 11.9. The molecule has 2 heterocycles. The van der Waals surface area contributed by atoms with E-state index >= 15 is 0 Å². The van der Waals surface area contributed by atoms with Crippen molar-refractivity contribution in [2.75, 3.05) is 0 Å². The first-order valence-corrected chi connectivity index (χ1v) is 10.8. The molecule has 1 unspecified atom stereocenters. The number of carbonyl (C=O) groups excluding carboxylic acids is 1. The number of carbonyl (C=O) groups is 1. The molecule has 4 aromatic rings. The second kappa shape index (κ2) is 9.05. The molecule has 0 aliphatic carbocycles. The van der Waals surface area contributed by atoms with Crippen LogP contribution in [0.4, 0.5) is 0 Å². The summed E-state index contributed by atoms with van der Waals surface area (Å²) in [5.74, 6) is 0.898. The Kier molecular flexibility index (Phi) is 6.05. The summed E-state index contributed by atoms with van der Waals surface area (Å²) in [6, 6.07) is 18.0. The van der Waals surface area contributed by atoms with E-state index in [1.165, 1.54) is 11.1 Å². The second-order valence-electron chi connectivity index (χ2n) is 7.27. The van der Waals surface area contributed by atoms with Gasteiger partial charge in [-0.1, -0.05) is 48.5 Å². The van der Waals surface area contributed by atoms with E-state index in [9.17, 15) is 4.79 Å². The van der Waals surface area contributed by atoms with E-state index < -0.39 is 0 Å². The molecule has 4 rings (SSSR count). The van der Waals surface area contributed by atoms with E-state index in [-0.39, 0.29) is 18.4 Å². The fraction of sp³-hybridized carbons (Fsp3) is 0.208. The Morgan fingerprint density at radius 2 is 1.87 bits per heavy atom. The van der Waals surface area contributed by atoms with Gasteiger partial charge in [0.25, 0.3) is 0 Å². The summed E-state index contributed by atoms with van der Waals surface area (Å²) in [6.07, 6.45) is 0.677. The summed E-state index contributed by atoms with van der Waals surface area (Å²) in [4.78, 5) is 12.8. The van der Waals surface area contributed by atoms with E-state index in [1.54, 1.807) is 11.3 Å². The number of hydrogen-bond acceptors (Lipinski definition) is 5. The largest absolute Gasteiger partial charge is 0.421 e. The SMILES string of the molecule is Cc1ccc(C(NC(=O)CCc2nnc(-c3ccsc3)o2)c2ccccc2)cc1C. The molecule has 0 saturated heterocycles. The maximum absolute atomic E-state index is 12.8. The standard InChI is InChI=1S/C24H23N3O2S/c1-16-8-9-19(14-17(16)2)23(18-6-4-3-5-7-18)25-21(28)10-11-22-26-27-24(29-22)20-12-13-30-15-20/h3-9,12-15,23H,10-11H2,1-2H3,(H,25,28). The molecule has 2 aromatic heterocycles. The van der Waals surface area contributed by atoms with Crippen LogP contribution in [-0.2, 0) is 11.2 Å². The summed E-state index contributed by atoms with van der Waals surface area (Å²) in [5, 5.41) is 15.2. The number of thiophene rings is 1. The van der Waals surface area contributed by atoms with Crippen LogP contribution < -0.4 is 5.32 Å². The number of aryl methyl sites for hydroxylation is 3. The van der Waals surface area contributed by atoms with Crippen LogP contribution in [-0.4, -0.2) is 16.1 Å². The van der Waals surface area contributed by atoms with E-state index in [0.717, 1.165) is 16.7 Å². The van der Waals surface area contributed by atoms with E-state index in [0.29, 0.717) is 18.2 Å². The number of nitrogens with one attached hydrogen (secondary N) is 1. The quantitative estimate of drug-likeness (QED) is 0.446. The van der Waals surface area contributed by atoms with Gasteiger partial charge in [0, 0.05) is 23.8 Å². The lowest BCUT2D eigenvalue weighted by atomic mass is 9.95. The topological polar surface area (TPSA) is 68.0 Å². The van der Waals surface area contributed by atoms with Gasteiger partial charge in [0.15, 0.2) is 0 Å². The molecule has 6 heteroatoms. The second-order valence-corrected chi connectivity index (χ2v) is 8.05. The molecule has 0 aliphatic heterocycles. The molecule has 1 atom stereocenters. The maximum Gasteiger partial charge on any atom is 0.248 e. The molecule has 152 valence electrons. The smallest absolute Gasteiger partial charge is 0.248 e. The highest BCUT2D eigenvalue weighted by Gasteiger charge is 2.18. The Morgan fingerprint density at radius 1 is 1.03 bits per heavy atom. The third kappa shape index (κ3) is 4.66. The molecular formula is C24H23N3O2S. The van der Waals surface area contributed by atoms with Gasteiger partial charge in [0.05, 0.1) is 6.04 Å². The molecule has 0 aliphatic rings. The molecule has 0 bridgehead atoms. The first kappa shape index (κ1) is 20.0. The van der Waals surface area contributed by atoms with Crippen LogP contribution in [0.15, 0.2) is 69.8 Å². The third-order valence-electron chi connectivity index (χ3n) is 5.10. The van der Waals surface area contributed by atoms with Crippen LogP contribution in [0.2, 0.25) is 0 Å². The van der Waals surface area contributed by atoms with Crippen molar-refractivity contribution in [1.29, 1.82) is 0 Å². The average molecular weight is 418 g/mol. The van der Waals surface area contributed by atoms with Crippen LogP contribution in [0.1, 0.15) is 40.6 Å². The predicted molar refractivity (Wildman–Crippen MR) is 118 cm³/mol. The highest BCUT2D eigenvalue weighted by Crippen LogP contribution is 2.25. The van der Waals surface area contributed by atoms with Crippen LogP contribution in [0.25, 0.3) is 11.5 Å². The molecule has 0 radical (unpaired) electrons. The highest BCUT2D eigenvalue weighted by atomic mass is 32.1. The Bertz CT molecular complexity index is 1120. The van der Waals surface area contributed by atoms with Crippen molar-refractivity contribution in [3.8, 4) is 11.5 Å². The van der Waals surface area contributed by atoms with Gasteiger partial charge in [0.1, 0.15) is 0 Å². The zero-order chi connectivity index (χ0) is 20.9. The number of benzene rings is 2. The monoisotopic (exact) mass is 417 g/mol. The number of rotatable bonds is 7. The molecule has 2 aromatic carbocycles. The van der Waals surface area contributed by atoms with Crippen LogP contribution >= 0.6 is 11.3 Å². The van der Waals surface area contributed by atoms with Crippen molar-refractivity contribution in [1.82, 2.24) is 15.5 Å². The van der Waals surface area contributed by atoms with Crippen LogP contribution in [0.3, 0.4) is 0 Å². The van der Waals surface area contributed by atoms with Crippen LogP contribution in [0, 0.1) is 13.8 Å². The highest BCUT2D eigenvalue weighted by molar-refractivity contribution is 7.08. The van der Waals surface area contributed by atoms with Gasteiger partial charge in [0.2, 0.25) is 17.7 Å². The number of amides is 1. The first-order chi connectivity index (χ1) is 14.6. The Morgan fingerprint density at radius 3 is 2.60 bits per heavy atom. The lowest BCUT2D eigenvalue weighted by molar-refractivity contribution is -0.121. The number of hydrogen-bond donors (Lipinski definition) is 1. The minimum absolute atomic E-state index is 0.0580. The molecule has 0 spiro atoms. The van der Waals surface area contributed by atoms with Crippen molar-refractivity contribution >= 4 is 17.2 Å². The molecule has 30 heavy (non-hydrogen) atoms. The summed E-state index contributed by atoms with van der Waals surface area (Å²) >= 11 is 1.57. The van der Waals surface area contributed by atoms with Crippen LogP contribution in [0.5, 0.6) is 0 Å². The lowest BCUT2D eigenvalue weighted by Gasteiger charge is -2.21. The van der Waals surface area contributed by atoms with Gasteiger partial charge in [-0.25, -0.2) is 0 Å². The van der Waals surface area contributed by atoms with Crippen molar-refractivity contribution in [2.45, 2.75) is 32.7 Å². The molecule has 5 nitrogen and oxygen atoms in total. The fourth-order valence-electron chi connectivity index (χ4n) is 3.26. The molecule has 1 N–H and O–H groups in total. The molecule has 0 saturated carbocycles. The van der Waals surface area contributed by atoms with E-state index in [1.807, 2.05) is 47.2 Å². The van der Waals surface area contributed by atoms with Crippen molar-refractivity contribution < 1.29 is 9.21 Å². The summed E-state index contributed by atoms with van der Waals surface area (Å²) < 4.78 is 5.69. The Hall–Kier alpha value is -3.25. The lowest BCUT2D eigenvalue weighted by Crippen LogP contribution is -2.29. The predicted octanol–water partition coefficient (Wildman–Crippen LogP) is 5.25. The van der Waals surface area contributed by atoms with E-state index in [2.05, 4.69) is 47.6 Å². The maximum atomic E-state index is 12.8. The summed E-state index contributed by atoms with van der Waals surface area (Å²) in [5.41, 5.74) is 5.45. The zero-order valence-corrected chi connectivity index (χ0v) is 17.8. The number of aromatic nitrogens is 2. The van der Waals surface area contributed by atoms with Gasteiger partial charge >= 0.3 is 0 Å². The summed E-state index contributed by atoms with van der Waals surface area (Å²) in [6.45, 7) is 4.17. The Labute approximate surface area is 179 Å². The summed E-state index contributed by atoms with van der Waals surface area (Å²) in [7, 11) is 0. The third-order valence-corrected chi connectivity index (χ3v) is 5.79. The van der Waals surface area contributed by atoms with Crippen molar-refractivity contribution in [3.05, 3.63) is 93.5 Å². The van der Waals surface area contributed by atoms with Gasteiger partial charge in [-0.3, -0.25) is 4.79 Å². The van der Waals surface area contributed by atoms with Crippen molar-refractivity contribution in [2.24, 2.45) is 0 Å². The molecular weight excluding hydrogens is 394 g/mol. The fourth-order valence-corrected chi connectivity index (χ4v) is 3.89. The number of nitrogens with zero attached hydrogens (tertiary/aromatic N) is 2. The van der Waals surface area contributed by atoms with Gasteiger partial charge in [-0.15, -0.1) is 10.2 Å². The van der Waals surface area contributed by atoms with Gasteiger partial charge in [-0.2, -0.15) is 11.3 Å². The molecule has 1 amide bonds. The Balaban J connectivity index is 1.46. The average Bonchev–Trinajstić information content (AvgIpc) is 3.45. The molecule has 0 fully saturated rings. The zero-order valence-electron chi connectivity index (χ0n) is 17.0. The van der Waals surface area contributed by atoms with E-state index in [4.69, 9.17) is 4.42 Å². The minimum atomic E-state index is -0.206. The van der Waals surface area contributed by atoms with Gasteiger partial charge < -0.3 is 9.73 Å². The minimum Gasteiger partial charge on any atom is -0.421 e. The van der Waals surface area contributed by atoms with Gasteiger partial charge in [-0.05, 0) is 47.5 Å². The van der Waals surface area contributed by atoms with Crippen molar-refractivity contribution in [3.63, 3.8) is 0 Å².